The highest BCUT2D eigenvalue weighted by Crippen LogP contribution is 2.14. The molecule has 1 aromatic carbocycles. The number of benzene rings is 1. The zero-order valence-corrected chi connectivity index (χ0v) is 12.6. The Morgan fingerprint density at radius 1 is 1.33 bits per heavy atom. The number of nitrogens with zero attached hydrogens (tertiary/aromatic N) is 1. The molecule has 2 rings (SSSR count). The largest absolute Gasteiger partial charge is 0.384 e. The Labute approximate surface area is 118 Å². The molecule has 18 heavy (non-hydrogen) atoms. The maximum atomic E-state index is 5.63. The van der Waals surface area contributed by atoms with E-state index in [1.165, 1.54) is 5.69 Å². The van der Waals surface area contributed by atoms with Crippen molar-refractivity contribution in [2.45, 2.75) is 26.0 Å². The van der Waals surface area contributed by atoms with Crippen LogP contribution in [0.15, 0.2) is 28.7 Å². The first-order valence-electron chi connectivity index (χ1n) is 6.50. The smallest absolute Gasteiger partial charge is 0.0674 e. The van der Waals surface area contributed by atoms with Crippen molar-refractivity contribution in [2.75, 3.05) is 31.6 Å². The number of halogens is 1. The van der Waals surface area contributed by atoms with Crippen molar-refractivity contribution in [3.63, 3.8) is 0 Å². The number of rotatable bonds is 4. The second-order valence-corrected chi connectivity index (χ2v) is 5.84. The zero-order valence-electron chi connectivity index (χ0n) is 11.0. The lowest BCUT2D eigenvalue weighted by atomic mass is 10.2. The van der Waals surface area contributed by atoms with Crippen molar-refractivity contribution < 1.29 is 4.74 Å². The Bertz CT molecular complexity index is 369. The molecule has 0 aliphatic carbocycles. The Morgan fingerprint density at radius 3 is 2.78 bits per heavy atom. The van der Waals surface area contributed by atoms with Gasteiger partial charge in [-0.1, -0.05) is 15.9 Å². The fourth-order valence-electron chi connectivity index (χ4n) is 2.20. The number of ether oxygens (including phenoxy) is 1. The van der Waals surface area contributed by atoms with Gasteiger partial charge in [0.2, 0.25) is 0 Å². The van der Waals surface area contributed by atoms with Crippen LogP contribution in [0.4, 0.5) is 5.69 Å². The lowest BCUT2D eigenvalue weighted by molar-refractivity contribution is -0.0476. The van der Waals surface area contributed by atoms with Gasteiger partial charge in [-0.2, -0.15) is 0 Å². The molecule has 2 atom stereocenters. The lowest BCUT2D eigenvalue weighted by Crippen LogP contribution is -2.48. The number of hydrogen-bond acceptors (Lipinski definition) is 3. The van der Waals surface area contributed by atoms with E-state index in [2.05, 4.69) is 64.3 Å². The maximum Gasteiger partial charge on any atom is 0.0674 e. The molecule has 0 bridgehead atoms. The molecule has 1 N–H and O–H groups in total. The molecular weight excluding hydrogens is 292 g/mol. The molecule has 2 unspecified atom stereocenters. The van der Waals surface area contributed by atoms with Crippen LogP contribution in [0, 0.1) is 0 Å². The SMILES string of the molecule is CC1CN(CCNc2ccc(Br)cc2)C(C)CO1. The second-order valence-electron chi connectivity index (χ2n) is 4.92. The van der Waals surface area contributed by atoms with Gasteiger partial charge in [-0.25, -0.2) is 0 Å². The Hall–Kier alpha value is -0.580. The molecule has 0 radical (unpaired) electrons. The minimum absolute atomic E-state index is 0.355. The third-order valence-corrected chi connectivity index (χ3v) is 3.84. The second kappa shape index (κ2) is 6.55. The summed E-state index contributed by atoms with van der Waals surface area (Å²) in [6.07, 6.45) is 0.355. The summed E-state index contributed by atoms with van der Waals surface area (Å²) in [5.74, 6) is 0. The molecule has 1 fully saturated rings. The van der Waals surface area contributed by atoms with Gasteiger partial charge >= 0.3 is 0 Å². The Balaban J connectivity index is 1.76. The zero-order chi connectivity index (χ0) is 13.0. The molecular formula is C14H21BrN2O. The first kappa shape index (κ1) is 13.8. The van der Waals surface area contributed by atoms with Gasteiger partial charge in [0.05, 0.1) is 12.7 Å². The maximum absolute atomic E-state index is 5.63. The molecule has 1 saturated heterocycles. The Morgan fingerprint density at radius 2 is 2.06 bits per heavy atom. The van der Waals surface area contributed by atoms with Crippen molar-refractivity contribution in [3.8, 4) is 0 Å². The molecule has 0 saturated carbocycles. The molecule has 1 heterocycles. The predicted octanol–water partition coefficient (Wildman–Crippen LogP) is 2.97. The highest BCUT2D eigenvalue weighted by atomic mass is 79.9. The van der Waals surface area contributed by atoms with Crippen LogP contribution in [0.1, 0.15) is 13.8 Å². The van der Waals surface area contributed by atoms with Gasteiger partial charge in [-0.15, -0.1) is 0 Å². The molecule has 1 aliphatic rings. The van der Waals surface area contributed by atoms with Gasteiger partial charge in [0, 0.05) is 35.8 Å². The monoisotopic (exact) mass is 312 g/mol. The van der Waals surface area contributed by atoms with Crippen LogP contribution in [0.25, 0.3) is 0 Å². The molecule has 3 nitrogen and oxygen atoms in total. The van der Waals surface area contributed by atoms with Crippen molar-refractivity contribution in [2.24, 2.45) is 0 Å². The molecule has 0 aromatic heterocycles. The van der Waals surface area contributed by atoms with Crippen LogP contribution >= 0.6 is 15.9 Å². The number of morpholine rings is 1. The van der Waals surface area contributed by atoms with Gasteiger partial charge in [-0.3, -0.25) is 4.90 Å². The van der Waals surface area contributed by atoms with Crippen LogP contribution < -0.4 is 5.32 Å². The van der Waals surface area contributed by atoms with E-state index in [1.54, 1.807) is 0 Å². The summed E-state index contributed by atoms with van der Waals surface area (Å²) in [5, 5.41) is 3.45. The third kappa shape index (κ3) is 3.97. The first-order valence-corrected chi connectivity index (χ1v) is 7.29. The van der Waals surface area contributed by atoms with Crippen LogP contribution in [-0.2, 0) is 4.74 Å². The van der Waals surface area contributed by atoms with E-state index >= 15 is 0 Å². The van der Waals surface area contributed by atoms with Crippen LogP contribution in [-0.4, -0.2) is 43.3 Å². The quantitative estimate of drug-likeness (QED) is 0.925. The summed E-state index contributed by atoms with van der Waals surface area (Å²) in [6, 6.07) is 8.82. The number of anilines is 1. The molecule has 4 heteroatoms. The summed E-state index contributed by atoms with van der Waals surface area (Å²) in [6.45, 7) is 8.28. The van der Waals surface area contributed by atoms with Gasteiger partial charge < -0.3 is 10.1 Å². The van der Waals surface area contributed by atoms with E-state index in [0.29, 0.717) is 12.1 Å². The summed E-state index contributed by atoms with van der Waals surface area (Å²) >= 11 is 3.44. The van der Waals surface area contributed by atoms with Gasteiger partial charge in [0.25, 0.3) is 0 Å². The average molecular weight is 313 g/mol. The minimum atomic E-state index is 0.355. The molecule has 0 spiro atoms. The molecule has 1 aliphatic heterocycles. The van der Waals surface area contributed by atoms with Crippen molar-refractivity contribution in [1.82, 2.24) is 4.90 Å². The van der Waals surface area contributed by atoms with Gasteiger partial charge in [-0.05, 0) is 38.1 Å². The highest BCUT2D eigenvalue weighted by molar-refractivity contribution is 9.10. The normalized spacial score (nSPS) is 25.1. The third-order valence-electron chi connectivity index (χ3n) is 3.31. The van der Waals surface area contributed by atoms with E-state index in [1.807, 2.05) is 0 Å². The van der Waals surface area contributed by atoms with Crippen molar-refractivity contribution in [1.29, 1.82) is 0 Å². The molecule has 100 valence electrons. The van der Waals surface area contributed by atoms with Gasteiger partial charge in [0.1, 0.15) is 0 Å². The van der Waals surface area contributed by atoms with E-state index < -0.39 is 0 Å². The number of nitrogens with one attached hydrogen (secondary N) is 1. The highest BCUT2D eigenvalue weighted by Gasteiger charge is 2.22. The summed E-state index contributed by atoms with van der Waals surface area (Å²) in [5.41, 5.74) is 1.17. The fourth-order valence-corrected chi connectivity index (χ4v) is 2.46. The molecule has 1 aromatic rings. The lowest BCUT2D eigenvalue weighted by Gasteiger charge is -2.36. The first-order chi connectivity index (χ1) is 8.65. The van der Waals surface area contributed by atoms with Crippen molar-refractivity contribution in [3.05, 3.63) is 28.7 Å². The van der Waals surface area contributed by atoms with E-state index in [-0.39, 0.29) is 0 Å². The van der Waals surface area contributed by atoms with Gasteiger partial charge in [0.15, 0.2) is 0 Å². The van der Waals surface area contributed by atoms with Crippen LogP contribution in [0.3, 0.4) is 0 Å². The van der Waals surface area contributed by atoms with Crippen LogP contribution in [0.5, 0.6) is 0 Å². The molecule has 0 amide bonds. The van der Waals surface area contributed by atoms with Crippen LogP contribution in [0.2, 0.25) is 0 Å². The van der Waals surface area contributed by atoms with E-state index in [4.69, 9.17) is 4.74 Å². The van der Waals surface area contributed by atoms with E-state index in [0.717, 1.165) is 30.7 Å². The summed E-state index contributed by atoms with van der Waals surface area (Å²) < 4.78 is 6.75. The summed E-state index contributed by atoms with van der Waals surface area (Å²) in [7, 11) is 0. The average Bonchev–Trinajstić information content (AvgIpc) is 2.36. The van der Waals surface area contributed by atoms with E-state index in [9.17, 15) is 0 Å². The summed E-state index contributed by atoms with van der Waals surface area (Å²) in [4.78, 5) is 2.49. The Kier molecular flexibility index (Phi) is 5.03. The van der Waals surface area contributed by atoms with Crippen molar-refractivity contribution >= 4 is 21.6 Å². The standard InChI is InChI=1S/C14H21BrN2O/c1-11-10-18-12(2)9-17(11)8-7-16-14-5-3-13(15)4-6-14/h3-6,11-12,16H,7-10H2,1-2H3. The number of hydrogen-bond donors (Lipinski definition) is 1. The predicted molar refractivity (Wildman–Crippen MR) is 79.1 cm³/mol. The topological polar surface area (TPSA) is 24.5 Å². The minimum Gasteiger partial charge on any atom is -0.384 e. The fraction of sp³-hybridized carbons (Fsp3) is 0.571.